The van der Waals surface area contributed by atoms with Gasteiger partial charge in [-0.1, -0.05) is 12.1 Å². The molecular formula is C22H26N4O3. The maximum absolute atomic E-state index is 12.9. The van der Waals surface area contributed by atoms with E-state index in [1.165, 1.54) is 0 Å². The number of carbonyl (C=O) groups excluding carboxylic acids is 1. The zero-order valence-corrected chi connectivity index (χ0v) is 16.5. The molecule has 0 bridgehead atoms. The van der Waals surface area contributed by atoms with Gasteiger partial charge >= 0.3 is 0 Å². The van der Waals surface area contributed by atoms with Crippen LogP contribution in [0.25, 0.3) is 0 Å². The van der Waals surface area contributed by atoms with Crippen molar-refractivity contribution in [1.29, 1.82) is 0 Å². The van der Waals surface area contributed by atoms with Gasteiger partial charge in [-0.2, -0.15) is 5.10 Å². The summed E-state index contributed by atoms with van der Waals surface area (Å²) in [6.45, 7) is 4.30. The Labute approximate surface area is 170 Å². The number of aromatic nitrogens is 2. The number of amides is 1. The van der Waals surface area contributed by atoms with Crippen LogP contribution in [0.1, 0.15) is 34.5 Å². The topological polar surface area (TPSA) is 87.6 Å². The van der Waals surface area contributed by atoms with E-state index in [0.29, 0.717) is 36.2 Å². The van der Waals surface area contributed by atoms with Gasteiger partial charge in [0.2, 0.25) is 0 Å². The lowest BCUT2D eigenvalue weighted by Crippen LogP contribution is -2.49. The smallest absolute Gasteiger partial charge is 0.255 e. The number of aryl methyl sites for hydroxylation is 1. The minimum atomic E-state index is -0.540. The Morgan fingerprint density at radius 3 is 2.79 bits per heavy atom. The molecule has 1 aromatic carbocycles. The molecule has 7 heteroatoms. The first-order valence-corrected chi connectivity index (χ1v) is 10.4. The van der Waals surface area contributed by atoms with Crippen LogP contribution in [0.2, 0.25) is 0 Å². The van der Waals surface area contributed by atoms with Crippen LogP contribution >= 0.6 is 0 Å². The molecule has 0 spiro atoms. The van der Waals surface area contributed by atoms with E-state index < -0.39 is 6.10 Å². The van der Waals surface area contributed by atoms with Gasteiger partial charge in [0.25, 0.3) is 5.91 Å². The molecule has 2 aliphatic heterocycles. The average molecular weight is 394 g/mol. The Bertz CT molecular complexity index is 917. The van der Waals surface area contributed by atoms with Crippen LogP contribution in [0, 0.1) is 18.8 Å². The normalized spacial score (nSPS) is 27.9. The summed E-state index contributed by atoms with van der Waals surface area (Å²) in [6, 6.07) is 9.43. The number of nitrogens with one attached hydrogen (secondary N) is 1. The minimum absolute atomic E-state index is 0.162. The van der Waals surface area contributed by atoms with Gasteiger partial charge in [-0.05, 0) is 55.4 Å². The summed E-state index contributed by atoms with van der Waals surface area (Å²) in [7, 11) is 0. The second-order valence-electron chi connectivity index (χ2n) is 8.47. The Morgan fingerprint density at radius 1 is 1.17 bits per heavy atom. The van der Waals surface area contributed by atoms with Crippen LogP contribution in [0.15, 0.2) is 30.3 Å². The molecule has 5 rings (SSSR count). The summed E-state index contributed by atoms with van der Waals surface area (Å²) in [5.41, 5.74) is 2.55. The van der Waals surface area contributed by atoms with E-state index in [-0.39, 0.29) is 11.9 Å². The van der Waals surface area contributed by atoms with Crippen LogP contribution in [0.4, 0.5) is 5.82 Å². The van der Waals surface area contributed by atoms with Gasteiger partial charge < -0.3 is 20.1 Å². The monoisotopic (exact) mass is 394 g/mol. The van der Waals surface area contributed by atoms with Crippen LogP contribution in [-0.4, -0.2) is 53.1 Å². The third kappa shape index (κ3) is 3.44. The van der Waals surface area contributed by atoms with Crippen molar-refractivity contribution in [2.24, 2.45) is 11.8 Å². The fourth-order valence-corrected chi connectivity index (χ4v) is 4.97. The molecule has 0 radical (unpaired) electrons. The summed E-state index contributed by atoms with van der Waals surface area (Å²) in [5, 5.41) is 22.2. The summed E-state index contributed by atoms with van der Waals surface area (Å²) >= 11 is 0. The molecule has 1 amide bonds. The van der Waals surface area contributed by atoms with Crippen molar-refractivity contribution in [1.82, 2.24) is 15.5 Å². The van der Waals surface area contributed by atoms with E-state index in [1.54, 1.807) is 6.07 Å². The zero-order valence-electron chi connectivity index (χ0n) is 16.5. The largest absolute Gasteiger partial charge is 0.492 e. The highest BCUT2D eigenvalue weighted by atomic mass is 16.5. The molecular weight excluding hydrogens is 368 g/mol. The van der Waals surface area contributed by atoms with E-state index in [9.17, 15) is 9.90 Å². The van der Waals surface area contributed by atoms with Crippen molar-refractivity contribution >= 4 is 11.7 Å². The van der Waals surface area contributed by atoms with Gasteiger partial charge in [0.05, 0.1) is 30.0 Å². The molecule has 4 atom stereocenters. The number of aliphatic hydroxyl groups is 1. The fraction of sp³-hybridized carbons (Fsp3) is 0.500. The third-order valence-electron chi connectivity index (χ3n) is 6.53. The Kier molecular flexibility index (Phi) is 4.62. The van der Waals surface area contributed by atoms with Gasteiger partial charge in [-0.3, -0.25) is 4.79 Å². The number of aliphatic hydroxyl groups excluding tert-OH is 1. The summed E-state index contributed by atoms with van der Waals surface area (Å²) in [4.78, 5) is 15.1. The predicted molar refractivity (Wildman–Crippen MR) is 108 cm³/mol. The molecule has 1 aliphatic carbocycles. The van der Waals surface area contributed by atoms with Crippen molar-refractivity contribution in [3.63, 3.8) is 0 Å². The second-order valence-corrected chi connectivity index (χ2v) is 8.47. The molecule has 1 saturated heterocycles. The number of hydrogen-bond acceptors (Lipinski definition) is 6. The maximum Gasteiger partial charge on any atom is 0.255 e. The standard InChI is InChI=1S/C22H26N4O3/c1-13-5-6-20(25-24-13)26-11-15-9-18(19(27)10-16(15)12-26)23-22(28)17-4-2-3-14-7-8-29-21(14)17/h2-6,15-16,18-19,27H,7-12H2,1H3,(H,23,28)/t15-,16+,18-,19-/m0/s1. The second kappa shape index (κ2) is 7.30. The van der Waals surface area contributed by atoms with Crippen molar-refractivity contribution in [2.45, 2.75) is 38.3 Å². The van der Waals surface area contributed by atoms with Gasteiger partial charge in [0.1, 0.15) is 5.75 Å². The molecule has 1 aromatic heterocycles. The van der Waals surface area contributed by atoms with Crippen LogP contribution in [-0.2, 0) is 6.42 Å². The fourth-order valence-electron chi connectivity index (χ4n) is 4.97. The van der Waals surface area contributed by atoms with E-state index in [0.717, 1.165) is 43.0 Å². The van der Waals surface area contributed by atoms with E-state index in [2.05, 4.69) is 20.4 Å². The first-order valence-electron chi connectivity index (χ1n) is 10.4. The molecule has 3 aliphatic rings. The molecule has 2 fully saturated rings. The molecule has 0 unspecified atom stereocenters. The first-order chi connectivity index (χ1) is 14.1. The van der Waals surface area contributed by atoms with Gasteiger partial charge in [0.15, 0.2) is 5.82 Å². The average Bonchev–Trinajstić information content (AvgIpc) is 3.35. The molecule has 29 heavy (non-hydrogen) atoms. The lowest BCUT2D eigenvalue weighted by Gasteiger charge is -2.35. The Morgan fingerprint density at radius 2 is 2.00 bits per heavy atom. The highest BCUT2D eigenvalue weighted by Crippen LogP contribution is 2.38. The SMILES string of the molecule is Cc1ccc(N2C[C@H]3C[C@H](O)[C@@H](NC(=O)c4cccc5c4OCC5)C[C@H]3C2)nn1. The third-order valence-corrected chi connectivity index (χ3v) is 6.53. The number of anilines is 1. The van der Waals surface area contributed by atoms with E-state index in [4.69, 9.17) is 4.74 Å². The van der Waals surface area contributed by atoms with Gasteiger partial charge in [-0.25, -0.2) is 0 Å². The number of para-hydroxylation sites is 1. The lowest BCUT2D eigenvalue weighted by atomic mass is 9.77. The molecule has 2 N–H and O–H groups in total. The summed E-state index contributed by atoms with van der Waals surface area (Å²) in [5.74, 6) is 2.25. The number of rotatable bonds is 3. The lowest BCUT2D eigenvalue weighted by molar-refractivity contribution is 0.0461. The molecule has 2 aromatic rings. The van der Waals surface area contributed by atoms with Gasteiger partial charge in [-0.15, -0.1) is 5.10 Å². The molecule has 7 nitrogen and oxygen atoms in total. The van der Waals surface area contributed by atoms with E-state index in [1.807, 2.05) is 31.2 Å². The van der Waals surface area contributed by atoms with Crippen LogP contribution < -0.4 is 15.0 Å². The molecule has 1 saturated carbocycles. The number of benzene rings is 1. The van der Waals surface area contributed by atoms with Crippen molar-refractivity contribution in [2.75, 3.05) is 24.6 Å². The van der Waals surface area contributed by atoms with Gasteiger partial charge in [0, 0.05) is 19.5 Å². The Hall–Kier alpha value is -2.67. The zero-order chi connectivity index (χ0) is 20.0. The predicted octanol–water partition coefficient (Wildman–Crippen LogP) is 1.73. The summed E-state index contributed by atoms with van der Waals surface area (Å²) in [6.07, 6.45) is 1.75. The summed E-state index contributed by atoms with van der Waals surface area (Å²) < 4.78 is 5.66. The number of hydrogen-bond donors (Lipinski definition) is 2. The number of nitrogens with zero attached hydrogens (tertiary/aromatic N) is 3. The van der Waals surface area contributed by atoms with Crippen molar-refractivity contribution in [3.8, 4) is 5.75 Å². The molecule has 152 valence electrons. The Balaban J connectivity index is 1.27. The number of fused-ring (bicyclic) bond motifs is 2. The van der Waals surface area contributed by atoms with Crippen LogP contribution in [0.5, 0.6) is 5.75 Å². The minimum Gasteiger partial charge on any atom is -0.492 e. The molecule has 3 heterocycles. The van der Waals surface area contributed by atoms with Crippen molar-refractivity contribution in [3.05, 3.63) is 47.2 Å². The highest BCUT2D eigenvalue weighted by Gasteiger charge is 2.42. The maximum atomic E-state index is 12.9. The van der Waals surface area contributed by atoms with Crippen LogP contribution in [0.3, 0.4) is 0 Å². The highest BCUT2D eigenvalue weighted by molar-refractivity contribution is 5.97. The van der Waals surface area contributed by atoms with E-state index >= 15 is 0 Å². The van der Waals surface area contributed by atoms with Crippen molar-refractivity contribution < 1.29 is 14.6 Å². The first kappa shape index (κ1) is 18.4. The number of carbonyl (C=O) groups is 1. The quantitative estimate of drug-likeness (QED) is 0.824. The number of ether oxygens (including phenoxy) is 1.